The second-order valence-corrected chi connectivity index (χ2v) is 4.98. The fourth-order valence-corrected chi connectivity index (χ4v) is 2.62. The highest BCUT2D eigenvalue weighted by Crippen LogP contribution is 2.29. The molecule has 2 aromatic rings. The maximum atomic E-state index is 5.66. The van der Waals surface area contributed by atoms with Crippen LogP contribution in [-0.2, 0) is 18.0 Å². The number of ether oxygens (including phenoxy) is 1. The van der Waals surface area contributed by atoms with Crippen LogP contribution < -0.4 is 5.32 Å². The average Bonchev–Trinajstić information content (AvgIpc) is 3.03. The van der Waals surface area contributed by atoms with Crippen molar-refractivity contribution in [1.82, 2.24) is 5.32 Å². The van der Waals surface area contributed by atoms with Crippen LogP contribution in [0.4, 0.5) is 0 Å². The Labute approximate surface area is 113 Å². The van der Waals surface area contributed by atoms with Gasteiger partial charge in [0.25, 0.3) is 0 Å². The first-order valence-electron chi connectivity index (χ1n) is 6.76. The lowest BCUT2D eigenvalue weighted by Crippen LogP contribution is -2.22. The van der Waals surface area contributed by atoms with Gasteiger partial charge in [0, 0.05) is 0 Å². The summed E-state index contributed by atoms with van der Waals surface area (Å²) in [5.41, 5.74) is 5.02. The number of hydrogen-bond donors (Lipinski definition) is 1. The van der Waals surface area contributed by atoms with E-state index in [1.807, 2.05) is 6.07 Å². The van der Waals surface area contributed by atoms with E-state index >= 15 is 0 Å². The Morgan fingerprint density at radius 1 is 1.21 bits per heavy atom. The zero-order chi connectivity index (χ0) is 13.2. The highest BCUT2D eigenvalue weighted by molar-refractivity contribution is 5.38. The molecule has 19 heavy (non-hydrogen) atoms. The molecule has 1 aliphatic heterocycles. The molecule has 1 aliphatic rings. The molecule has 3 nitrogen and oxygen atoms in total. The Balaban J connectivity index is 1.98. The first-order valence-corrected chi connectivity index (χ1v) is 6.76. The van der Waals surface area contributed by atoms with Crippen molar-refractivity contribution in [3.05, 3.63) is 58.5 Å². The molecule has 0 saturated carbocycles. The minimum absolute atomic E-state index is 0.117. The third-order valence-corrected chi connectivity index (χ3v) is 3.65. The quantitative estimate of drug-likeness (QED) is 0.912. The van der Waals surface area contributed by atoms with Crippen molar-refractivity contribution in [3.63, 3.8) is 0 Å². The number of benzene rings is 1. The SMILES string of the molecule is CCNC(c1ccc2c(c1)COC2)c1occc1C. The van der Waals surface area contributed by atoms with E-state index in [9.17, 15) is 0 Å². The van der Waals surface area contributed by atoms with Crippen LogP contribution in [-0.4, -0.2) is 6.54 Å². The molecule has 0 bridgehead atoms. The van der Waals surface area contributed by atoms with Crippen LogP contribution in [0.2, 0.25) is 0 Å². The minimum Gasteiger partial charge on any atom is -0.467 e. The molecule has 0 aliphatic carbocycles. The van der Waals surface area contributed by atoms with Crippen molar-refractivity contribution in [3.8, 4) is 0 Å². The fraction of sp³-hybridized carbons (Fsp3) is 0.375. The van der Waals surface area contributed by atoms with E-state index in [2.05, 4.69) is 37.4 Å². The lowest BCUT2D eigenvalue weighted by atomic mass is 9.98. The number of nitrogens with one attached hydrogen (secondary N) is 1. The largest absolute Gasteiger partial charge is 0.467 e. The highest BCUT2D eigenvalue weighted by Gasteiger charge is 2.20. The van der Waals surface area contributed by atoms with Gasteiger partial charge in [0.1, 0.15) is 5.76 Å². The van der Waals surface area contributed by atoms with Crippen molar-refractivity contribution in [2.45, 2.75) is 33.1 Å². The molecule has 3 heteroatoms. The number of rotatable bonds is 4. The molecule has 100 valence electrons. The van der Waals surface area contributed by atoms with E-state index in [1.54, 1.807) is 6.26 Å². The molecule has 0 amide bonds. The summed E-state index contributed by atoms with van der Waals surface area (Å²) in [4.78, 5) is 0. The smallest absolute Gasteiger partial charge is 0.128 e. The van der Waals surface area contributed by atoms with E-state index < -0.39 is 0 Å². The fourth-order valence-electron chi connectivity index (χ4n) is 2.62. The standard InChI is InChI=1S/C16H19NO2/c1-3-17-15(16-11(2)6-7-19-16)12-4-5-13-9-18-10-14(13)8-12/h4-8,15,17H,3,9-10H2,1-2H3. The van der Waals surface area contributed by atoms with Crippen molar-refractivity contribution < 1.29 is 9.15 Å². The Kier molecular flexibility index (Phi) is 3.40. The van der Waals surface area contributed by atoms with Crippen molar-refractivity contribution in [1.29, 1.82) is 0 Å². The third-order valence-electron chi connectivity index (χ3n) is 3.65. The summed E-state index contributed by atoms with van der Waals surface area (Å²) in [5, 5.41) is 3.50. The van der Waals surface area contributed by atoms with Crippen LogP contribution in [0.5, 0.6) is 0 Å². The summed E-state index contributed by atoms with van der Waals surface area (Å²) in [6.45, 7) is 6.56. The monoisotopic (exact) mass is 257 g/mol. The van der Waals surface area contributed by atoms with Gasteiger partial charge in [-0.1, -0.05) is 25.1 Å². The second-order valence-electron chi connectivity index (χ2n) is 4.98. The Hall–Kier alpha value is -1.58. The van der Waals surface area contributed by atoms with Crippen LogP contribution in [0, 0.1) is 6.92 Å². The first-order chi connectivity index (χ1) is 9.29. The molecule has 0 saturated heterocycles. The lowest BCUT2D eigenvalue weighted by molar-refractivity contribution is 0.134. The number of aryl methyl sites for hydroxylation is 1. The van der Waals surface area contributed by atoms with Gasteiger partial charge < -0.3 is 14.5 Å². The third kappa shape index (κ3) is 2.31. The van der Waals surface area contributed by atoms with Gasteiger partial charge in [-0.25, -0.2) is 0 Å². The predicted octanol–water partition coefficient (Wildman–Crippen LogP) is 3.32. The average molecular weight is 257 g/mol. The maximum absolute atomic E-state index is 5.66. The van der Waals surface area contributed by atoms with Crippen LogP contribution >= 0.6 is 0 Å². The summed E-state index contributed by atoms with van der Waals surface area (Å²) in [7, 11) is 0. The number of fused-ring (bicyclic) bond motifs is 1. The Bertz CT molecular complexity index is 574. The molecule has 1 atom stereocenters. The van der Waals surface area contributed by atoms with E-state index in [4.69, 9.17) is 9.15 Å². The molecular weight excluding hydrogens is 238 g/mol. The van der Waals surface area contributed by atoms with Crippen molar-refractivity contribution in [2.75, 3.05) is 6.54 Å². The summed E-state index contributed by atoms with van der Waals surface area (Å²) < 4.78 is 11.1. The molecule has 1 N–H and O–H groups in total. The van der Waals surface area contributed by atoms with Gasteiger partial charge in [-0.05, 0) is 41.8 Å². The van der Waals surface area contributed by atoms with Crippen LogP contribution in [0.3, 0.4) is 0 Å². The lowest BCUT2D eigenvalue weighted by Gasteiger charge is -2.18. The van der Waals surface area contributed by atoms with E-state index in [-0.39, 0.29) is 6.04 Å². The van der Waals surface area contributed by atoms with Crippen molar-refractivity contribution >= 4 is 0 Å². The Morgan fingerprint density at radius 3 is 2.79 bits per heavy atom. The zero-order valence-corrected chi connectivity index (χ0v) is 11.4. The number of hydrogen-bond acceptors (Lipinski definition) is 3. The molecule has 3 rings (SSSR count). The van der Waals surface area contributed by atoms with Crippen LogP contribution in [0.15, 0.2) is 34.9 Å². The molecule has 0 spiro atoms. The normalized spacial score (nSPS) is 15.5. The molecule has 1 unspecified atom stereocenters. The van der Waals surface area contributed by atoms with Gasteiger partial charge in [-0.2, -0.15) is 0 Å². The van der Waals surface area contributed by atoms with Crippen molar-refractivity contribution in [2.24, 2.45) is 0 Å². The van der Waals surface area contributed by atoms with Gasteiger partial charge in [-0.15, -0.1) is 0 Å². The predicted molar refractivity (Wildman–Crippen MR) is 73.9 cm³/mol. The topological polar surface area (TPSA) is 34.4 Å². The summed E-state index contributed by atoms with van der Waals surface area (Å²) >= 11 is 0. The molecule has 2 heterocycles. The van der Waals surface area contributed by atoms with Gasteiger partial charge >= 0.3 is 0 Å². The van der Waals surface area contributed by atoms with E-state index in [0.717, 1.165) is 25.5 Å². The molecule has 1 aromatic heterocycles. The van der Waals surface area contributed by atoms with E-state index in [1.165, 1.54) is 22.3 Å². The number of furan rings is 1. The molecule has 0 radical (unpaired) electrons. The van der Waals surface area contributed by atoms with Gasteiger partial charge in [0.15, 0.2) is 0 Å². The van der Waals surface area contributed by atoms with Gasteiger partial charge in [0.2, 0.25) is 0 Å². The van der Waals surface area contributed by atoms with Gasteiger partial charge in [0.05, 0.1) is 25.5 Å². The van der Waals surface area contributed by atoms with E-state index in [0.29, 0.717) is 0 Å². The molecule has 1 aromatic carbocycles. The summed E-state index contributed by atoms with van der Waals surface area (Å²) in [5.74, 6) is 1.00. The highest BCUT2D eigenvalue weighted by atomic mass is 16.5. The molecule has 0 fully saturated rings. The maximum Gasteiger partial charge on any atom is 0.128 e. The van der Waals surface area contributed by atoms with Crippen LogP contribution in [0.1, 0.15) is 41.0 Å². The van der Waals surface area contributed by atoms with Crippen LogP contribution in [0.25, 0.3) is 0 Å². The minimum atomic E-state index is 0.117. The zero-order valence-electron chi connectivity index (χ0n) is 11.4. The summed E-state index contributed by atoms with van der Waals surface area (Å²) in [6, 6.07) is 8.70. The molecular formula is C16H19NO2. The second kappa shape index (κ2) is 5.19. The van der Waals surface area contributed by atoms with Gasteiger partial charge in [-0.3, -0.25) is 0 Å². The first kappa shape index (κ1) is 12.5. The Morgan fingerprint density at radius 2 is 2.05 bits per heavy atom. The summed E-state index contributed by atoms with van der Waals surface area (Å²) in [6.07, 6.45) is 1.76.